The van der Waals surface area contributed by atoms with Crippen LogP contribution in [0.3, 0.4) is 0 Å². The summed E-state index contributed by atoms with van der Waals surface area (Å²) in [5, 5.41) is 5.93. The molecule has 0 bridgehead atoms. The molecule has 0 aliphatic heterocycles. The van der Waals surface area contributed by atoms with Gasteiger partial charge in [-0.05, 0) is 12.8 Å². The van der Waals surface area contributed by atoms with Crippen LogP contribution >= 0.6 is 21.6 Å². The van der Waals surface area contributed by atoms with Gasteiger partial charge < -0.3 is 10.6 Å². The van der Waals surface area contributed by atoms with E-state index < -0.39 is 0 Å². The topological polar surface area (TPSA) is 58.2 Å². The van der Waals surface area contributed by atoms with Crippen molar-refractivity contribution in [2.45, 2.75) is 78.1 Å². The summed E-state index contributed by atoms with van der Waals surface area (Å²) >= 11 is 0. The van der Waals surface area contributed by atoms with Gasteiger partial charge in [-0.1, -0.05) is 74.0 Å². The fourth-order valence-electron chi connectivity index (χ4n) is 2.12. The van der Waals surface area contributed by atoms with E-state index in [-0.39, 0.29) is 11.8 Å². The van der Waals surface area contributed by atoms with Gasteiger partial charge in [-0.25, -0.2) is 0 Å². The second-order valence-corrected chi connectivity index (χ2v) is 8.67. The Morgan fingerprint density at radius 1 is 0.667 bits per heavy atom. The Hall–Kier alpha value is -0.360. The molecule has 4 nitrogen and oxygen atoms in total. The Morgan fingerprint density at radius 2 is 1.08 bits per heavy atom. The van der Waals surface area contributed by atoms with Crippen molar-refractivity contribution in [1.82, 2.24) is 10.6 Å². The van der Waals surface area contributed by atoms with Crippen molar-refractivity contribution in [3.05, 3.63) is 0 Å². The molecule has 0 aromatic rings. The average molecular weight is 377 g/mol. The van der Waals surface area contributed by atoms with Crippen molar-refractivity contribution in [3.63, 3.8) is 0 Å². The van der Waals surface area contributed by atoms with Crippen molar-refractivity contribution in [1.29, 1.82) is 0 Å². The number of carbonyl (C=O) groups excluding carboxylic acids is 2. The third-order valence-electron chi connectivity index (χ3n) is 3.61. The summed E-state index contributed by atoms with van der Waals surface area (Å²) in [5.41, 5.74) is 0. The molecule has 0 unspecified atom stereocenters. The van der Waals surface area contributed by atoms with E-state index in [4.69, 9.17) is 0 Å². The van der Waals surface area contributed by atoms with Crippen molar-refractivity contribution >= 4 is 33.4 Å². The van der Waals surface area contributed by atoms with Crippen LogP contribution in [0.4, 0.5) is 0 Å². The van der Waals surface area contributed by atoms with Gasteiger partial charge in [0, 0.05) is 37.4 Å². The molecule has 0 aliphatic rings. The predicted octanol–water partition coefficient (Wildman–Crippen LogP) is 4.54. The van der Waals surface area contributed by atoms with Crippen LogP contribution in [0.25, 0.3) is 0 Å². The Bertz CT molecular complexity index is 285. The molecule has 0 atom stereocenters. The van der Waals surface area contributed by atoms with E-state index in [0.29, 0.717) is 12.8 Å². The largest absolute Gasteiger partial charge is 0.356 e. The highest BCUT2D eigenvalue weighted by molar-refractivity contribution is 8.76. The second-order valence-electron chi connectivity index (χ2n) is 5.97. The number of hydrogen-bond donors (Lipinski definition) is 2. The summed E-state index contributed by atoms with van der Waals surface area (Å²) < 4.78 is 0. The number of nitrogens with one attached hydrogen (secondary N) is 2. The molecule has 2 amide bonds. The monoisotopic (exact) mass is 376 g/mol. The van der Waals surface area contributed by atoms with Gasteiger partial charge in [0.15, 0.2) is 0 Å². The van der Waals surface area contributed by atoms with Gasteiger partial charge in [0.2, 0.25) is 11.8 Å². The van der Waals surface area contributed by atoms with Gasteiger partial charge >= 0.3 is 0 Å². The normalized spacial score (nSPS) is 10.6. The molecule has 6 heteroatoms. The third kappa shape index (κ3) is 18.0. The van der Waals surface area contributed by atoms with E-state index in [9.17, 15) is 9.59 Å². The maximum absolute atomic E-state index is 11.6. The highest BCUT2D eigenvalue weighted by Gasteiger charge is 2.03. The average Bonchev–Trinajstić information content (AvgIpc) is 2.57. The van der Waals surface area contributed by atoms with Crippen LogP contribution in [0.1, 0.15) is 78.1 Å². The van der Waals surface area contributed by atoms with Gasteiger partial charge in [-0.15, -0.1) is 0 Å². The minimum atomic E-state index is 0.143. The number of amides is 2. The molecule has 24 heavy (non-hydrogen) atoms. The lowest BCUT2D eigenvalue weighted by atomic mass is 10.2. The summed E-state index contributed by atoms with van der Waals surface area (Å²) in [6.07, 6.45) is 10.6. The molecule has 0 spiro atoms. The summed E-state index contributed by atoms with van der Waals surface area (Å²) in [6.45, 7) is 5.97. The number of unbranched alkanes of at least 4 members (excludes halogenated alkanes) is 6. The first-order valence-electron chi connectivity index (χ1n) is 9.48. The van der Waals surface area contributed by atoms with Crippen LogP contribution in [0.2, 0.25) is 0 Å². The first kappa shape index (κ1) is 23.6. The van der Waals surface area contributed by atoms with Crippen molar-refractivity contribution in [2.75, 3.05) is 24.6 Å². The molecular formula is C18H36N2O2S2. The van der Waals surface area contributed by atoms with Crippen molar-refractivity contribution in [3.8, 4) is 0 Å². The number of rotatable bonds is 17. The SMILES string of the molecule is CCCCCCNC(=O)CCSSCCC(=O)NCCCCCC. The van der Waals surface area contributed by atoms with Crippen LogP contribution in [0, 0.1) is 0 Å². The summed E-state index contributed by atoms with van der Waals surface area (Å²) in [4.78, 5) is 23.2. The van der Waals surface area contributed by atoms with Gasteiger partial charge in [0.1, 0.15) is 0 Å². The molecular weight excluding hydrogens is 340 g/mol. The Labute approximate surface area is 156 Å². The molecule has 0 radical (unpaired) electrons. The summed E-state index contributed by atoms with van der Waals surface area (Å²) in [6, 6.07) is 0. The fraction of sp³-hybridized carbons (Fsp3) is 0.889. The summed E-state index contributed by atoms with van der Waals surface area (Å²) in [5.74, 6) is 1.91. The van der Waals surface area contributed by atoms with Crippen LogP contribution < -0.4 is 10.6 Å². The molecule has 0 aromatic carbocycles. The van der Waals surface area contributed by atoms with Gasteiger partial charge in [0.05, 0.1) is 0 Å². The molecule has 0 aromatic heterocycles. The van der Waals surface area contributed by atoms with Crippen LogP contribution in [-0.2, 0) is 9.59 Å². The molecule has 0 saturated carbocycles. The zero-order valence-electron chi connectivity index (χ0n) is 15.5. The number of carbonyl (C=O) groups is 2. The van der Waals surface area contributed by atoms with E-state index in [1.807, 2.05) is 0 Å². The van der Waals surface area contributed by atoms with Gasteiger partial charge in [-0.3, -0.25) is 9.59 Å². The molecule has 142 valence electrons. The molecule has 0 aliphatic carbocycles. The minimum Gasteiger partial charge on any atom is -0.356 e. The zero-order valence-corrected chi connectivity index (χ0v) is 17.2. The fourth-order valence-corrected chi connectivity index (χ4v) is 4.10. The molecule has 0 fully saturated rings. The van der Waals surface area contributed by atoms with Crippen LogP contribution in [0.15, 0.2) is 0 Å². The van der Waals surface area contributed by atoms with E-state index in [1.54, 1.807) is 21.6 Å². The van der Waals surface area contributed by atoms with E-state index in [2.05, 4.69) is 24.5 Å². The lowest BCUT2D eigenvalue weighted by molar-refractivity contribution is -0.121. The molecule has 2 N–H and O–H groups in total. The maximum atomic E-state index is 11.6. The Balaban J connectivity index is 3.28. The van der Waals surface area contributed by atoms with E-state index >= 15 is 0 Å². The lowest BCUT2D eigenvalue weighted by Crippen LogP contribution is -2.24. The van der Waals surface area contributed by atoms with Gasteiger partial charge in [-0.2, -0.15) is 0 Å². The predicted molar refractivity (Wildman–Crippen MR) is 108 cm³/mol. The smallest absolute Gasteiger partial charge is 0.220 e. The van der Waals surface area contributed by atoms with Gasteiger partial charge in [0.25, 0.3) is 0 Å². The summed E-state index contributed by atoms with van der Waals surface area (Å²) in [7, 11) is 3.36. The standard InChI is InChI=1S/C18H36N2O2S2/c1-3-5-7-9-13-19-17(21)11-15-23-24-16-12-18(22)20-14-10-8-6-4-2/h3-16H2,1-2H3,(H,19,21)(H,20,22). The van der Waals surface area contributed by atoms with Crippen molar-refractivity contribution in [2.24, 2.45) is 0 Å². The first-order chi connectivity index (χ1) is 11.7. The first-order valence-corrected chi connectivity index (χ1v) is 12.0. The maximum Gasteiger partial charge on any atom is 0.220 e. The van der Waals surface area contributed by atoms with Crippen LogP contribution in [0.5, 0.6) is 0 Å². The van der Waals surface area contributed by atoms with Crippen LogP contribution in [-0.4, -0.2) is 36.4 Å². The number of hydrogen-bond acceptors (Lipinski definition) is 4. The highest BCUT2D eigenvalue weighted by atomic mass is 33.1. The third-order valence-corrected chi connectivity index (χ3v) is 6.02. The lowest BCUT2D eigenvalue weighted by Gasteiger charge is -2.06. The Morgan fingerprint density at radius 3 is 1.46 bits per heavy atom. The van der Waals surface area contributed by atoms with Crippen molar-refractivity contribution < 1.29 is 9.59 Å². The second kappa shape index (κ2) is 19.0. The zero-order chi connectivity index (χ0) is 17.9. The molecule has 0 rings (SSSR count). The minimum absolute atomic E-state index is 0.143. The van der Waals surface area contributed by atoms with E-state index in [1.165, 1.54) is 38.5 Å². The highest BCUT2D eigenvalue weighted by Crippen LogP contribution is 2.22. The van der Waals surface area contributed by atoms with E-state index in [0.717, 1.165) is 37.4 Å². The molecule has 0 saturated heterocycles. The quantitative estimate of drug-likeness (QED) is 0.289. The molecule has 0 heterocycles. The Kier molecular flexibility index (Phi) is 18.7.